The first-order chi connectivity index (χ1) is 14.2. The van der Waals surface area contributed by atoms with Gasteiger partial charge in [-0.2, -0.15) is 5.26 Å². The van der Waals surface area contributed by atoms with E-state index in [9.17, 15) is 10.1 Å². The highest BCUT2D eigenvalue weighted by molar-refractivity contribution is 6.00. The molecule has 1 amide bonds. The van der Waals surface area contributed by atoms with Crippen LogP contribution in [0, 0.1) is 11.3 Å². The van der Waals surface area contributed by atoms with Crippen molar-refractivity contribution in [1.82, 2.24) is 20.2 Å². The monoisotopic (exact) mass is 386 g/mol. The lowest BCUT2D eigenvalue weighted by atomic mass is 10.1. The summed E-state index contributed by atoms with van der Waals surface area (Å²) in [5.74, 6) is 0.594. The molecule has 1 unspecified atom stereocenters. The average Bonchev–Trinajstić information content (AvgIpc) is 2.77. The molecule has 1 fully saturated rings. The number of hydrogen-bond donors (Lipinski definition) is 1. The van der Waals surface area contributed by atoms with Gasteiger partial charge >= 0.3 is 0 Å². The van der Waals surface area contributed by atoms with Gasteiger partial charge in [0.2, 0.25) is 0 Å². The van der Waals surface area contributed by atoms with E-state index < -0.39 is 6.04 Å². The molecule has 1 saturated heterocycles. The SMILES string of the molecule is CN1CCN(c2ncnc3cc(C(=O)NC(C#N)c4ccccc4)ccc23)CC1. The van der Waals surface area contributed by atoms with E-state index >= 15 is 0 Å². The molecule has 0 aliphatic carbocycles. The van der Waals surface area contributed by atoms with E-state index in [-0.39, 0.29) is 5.91 Å². The Kier molecular flexibility index (Phi) is 5.36. The molecule has 4 rings (SSSR count). The number of nitrogens with one attached hydrogen (secondary N) is 1. The van der Waals surface area contributed by atoms with Crippen molar-refractivity contribution in [2.45, 2.75) is 6.04 Å². The molecule has 0 bridgehead atoms. The largest absolute Gasteiger partial charge is 0.353 e. The van der Waals surface area contributed by atoms with Crippen molar-refractivity contribution in [3.8, 4) is 6.07 Å². The normalized spacial score (nSPS) is 15.7. The summed E-state index contributed by atoms with van der Waals surface area (Å²) in [6.07, 6.45) is 1.54. The van der Waals surface area contributed by atoms with Crippen LogP contribution in [0.25, 0.3) is 10.9 Å². The number of anilines is 1. The van der Waals surface area contributed by atoms with Gasteiger partial charge in [0.05, 0.1) is 11.6 Å². The summed E-state index contributed by atoms with van der Waals surface area (Å²) in [7, 11) is 2.12. The Morgan fingerprint density at radius 1 is 1.10 bits per heavy atom. The molecule has 29 heavy (non-hydrogen) atoms. The minimum atomic E-state index is -0.703. The second-order valence-electron chi connectivity index (χ2n) is 7.17. The summed E-state index contributed by atoms with van der Waals surface area (Å²) in [5.41, 5.74) is 1.94. The standard InChI is InChI=1S/C22H22N6O/c1-27-9-11-28(12-10-27)21-18-8-7-17(13-19(18)24-15-25-21)22(29)26-20(14-23)16-5-3-2-4-6-16/h2-8,13,15,20H,9-12H2,1H3,(H,26,29). The van der Waals surface area contributed by atoms with E-state index in [4.69, 9.17) is 0 Å². The number of fused-ring (bicyclic) bond motifs is 1. The Morgan fingerprint density at radius 3 is 2.59 bits per heavy atom. The zero-order valence-corrected chi connectivity index (χ0v) is 16.2. The van der Waals surface area contributed by atoms with Crippen LogP contribution in [0.2, 0.25) is 0 Å². The molecule has 0 saturated carbocycles. The predicted molar refractivity (Wildman–Crippen MR) is 112 cm³/mol. The number of nitrogens with zero attached hydrogens (tertiary/aromatic N) is 5. The van der Waals surface area contributed by atoms with Crippen molar-refractivity contribution in [3.05, 3.63) is 66.0 Å². The molecule has 0 radical (unpaired) electrons. The van der Waals surface area contributed by atoms with Gasteiger partial charge in [-0.1, -0.05) is 30.3 Å². The average molecular weight is 386 g/mol. The second-order valence-corrected chi connectivity index (χ2v) is 7.17. The first-order valence-electron chi connectivity index (χ1n) is 9.59. The van der Waals surface area contributed by atoms with Gasteiger partial charge in [0.25, 0.3) is 5.91 Å². The third-order valence-electron chi connectivity index (χ3n) is 5.22. The molecular weight excluding hydrogens is 364 g/mol. The highest BCUT2D eigenvalue weighted by Crippen LogP contribution is 2.25. The summed E-state index contributed by atoms with van der Waals surface area (Å²) in [4.78, 5) is 26.1. The van der Waals surface area contributed by atoms with Crippen LogP contribution in [0.4, 0.5) is 5.82 Å². The molecule has 7 heteroatoms. The fourth-order valence-electron chi connectivity index (χ4n) is 3.50. The number of likely N-dealkylation sites (N-methyl/N-ethyl adjacent to an activating group) is 1. The number of amides is 1. The lowest BCUT2D eigenvalue weighted by molar-refractivity contribution is 0.0945. The van der Waals surface area contributed by atoms with Gasteiger partial charge in [0.15, 0.2) is 0 Å². The second kappa shape index (κ2) is 8.25. The van der Waals surface area contributed by atoms with Crippen LogP contribution in [0.15, 0.2) is 54.9 Å². The number of nitriles is 1. The maximum Gasteiger partial charge on any atom is 0.252 e. The van der Waals surface area contributed by atoms with Gasteiger partial charge in [0.1, 0.15) is 18.2 Å². The maximum absolute atomic E-state index is 12.7. The number of benzene rings is 2. The van der Waals surface area contributed by atoms with Gasteiger partial charge < -0.3 is 15.1 Å². The van der Waals surface area contributed by atoms with Gasteiger partial charge in [-0.05, 0) is 30.8 Å². The van der Waals surface area contributed by atoms with Gasteiger partial charge in [0, 0.05) is 37.1 Å². The summed E-state index contributed by atoms with van der Waals surface area (Å²) in [6.45, 7) is 3.79. The van der Waals surface area contributed by atoms with Crippen LogP contribution in [0.5, 0.6) is 0 Å². The molecule has 0 spiro atoms. The van der Waals surface area contributed by atoms with Gasteiger partial charge in [-0.15, -0.1) is 0 Å². The number of aromatic nitrogens is 2. The molecule has 3 aromatic rings. The summed E-state index contributed by atoms with van der Waals surface area (Å²) >= 11 is 0. The minimum absolute atomic E-state index is 0.304. The first kappa shape index (κ1) is 18.8. The third kappa shape index (κ3) is 4.03. The van der Waals surface area contributed by atoms with Crippen molar-refractivity contribution in [2.24, 2.45) is 0 Å². The van der Waals surface area contributed by atoms with Crippen LogP contribution in [-0.2, 0) is 0 Å². The van der Waals surface area contributed by atoms with E-state index in [1.165, 1.54) is 0 Å². The smallest absolute Gasteiger partial charge is 0.252 e. The van der Waals surface area contributed by atoms with Crippen LogP contribution in [0.3, 0.4) is 0 Å². The lowest BCUT2D eigenvalue weighted by Crippen LogP contribution is -2.44. The summed E-state index contributed by atoms with van der Waals surface area (Å²) < 4.78 is 0. The number of rotatable bonds is 4. The number of carbonyl (C=O) groups excluding carboxylic acids is 1. The molecule has 1 N–H and O–H groups in total. The minimum Gasteiger partial charge on any atom is -0.353 e. The van der Waals surface area contributed by atoms with Crippen molar-refractivity contribution >= 4 is 22.6 Å². The predicted octanol–water partition coefficient (Wildman–Crippen LogP) is 2.38. The molecule has 2 aromatic carbocycles. The topological polar surface area (TPSA) is 85.2 Å². The van der Waals surface area contributed by atoms with Crippen LogP contribution in [0.1, 0.15) is 22.0 Å². The summed E-state index contributed by atoms with van der Waals surface area (Å²) in [5, 5.41) is 13.2. The van der Waals surface area contributed by atoms with Crippen molar-refractivity contribution in [3.63, 3.8) is 0 Å². The van der Waals surface area contributed by atoms with E-state index in [2.05, 4.69) is 38.2 Å². The van der Waals surface area contributed by atoms with Crippen LogP contribution in [-0.4, -0.2) is 54.0 Å². The lowest BCUT2D eigenvalue weighted by Gasteiger charge is -2.33. The van der Waals surface area contributed by atoms with E-state index in [1.54, 1.807) is 18.5 Å². The fraction of sp³-hybridized carbons (Fsp3) is 0.273. The molecule has 7 nitrogen and oxygen atoms in total. The van der Waals surface area contributed by atoms with E-state index in [0.29, 0.717) is 5.56 Å². The third-order valence-corrected chi connectivity index (χ3v) is 5.22. The van der Waals surface area contributed by atoms with Crippen LogP contribution < -0.4 is 10.2 Å². The Hall–Kier alpha value is -3.50. The molecule has 146 valence electrons. The highest BCUT2D eigenvalue weighted by atomic mass is 16.1. The highest BCUT2D eigenvalue weighted by Gasteiger charge is 2.19. The first-order valence-corrected chi connectivity index (χ1v) is 9.59. The molecular formula is C22H22N6O. The molecule has 2 heterocycles. The zero-order valence-electron chi connectivity index (χ0n) is 16.2. The molecule has 1 aliphatic rings. The zero-order chi connectivity index (χ0) is 20.2. The fourth-order valence-corrected chi connectivity index (χ4v) is 3.50. The quantitative estimate of drug-likeness (QED) is 0.741. The molecule has 1 atom stereocenters. The van der Waals surface area contributed by atoms with E-state index in [1.807, 2.05) is 36.4 Å². The van der Waals surface area contributed by atoms with Crippen molar-refractivity contribution < 1.29 is 4.79 Å². The Bertz CT molecular complexity index is 1050. The van der Waals surface area contributed by atoms with Crippen molar-refractivity contribution in [2.75, 3.05) is 38.1 Å². The van der Waals surface area contributed by atoms with Crippen LogP contribution >= 0.6 is 0 Å². The van der Waals surface area contributed by atoms with Gasteiger partial charge in [-0.25, -0.2) is 9.97 Å². The number of carbonyl (C=O) groups is 1. The molecule has 1 aliphatic heterocycles. The molecule has 1 aromatic heterocycles. The Balaban J connectivity index is 1.57. The van der Waals surface area contributed by atoms with Crippen molar-refractivity contribution in [1.29, 1.82) is 5.26 Å². The van der Waals surface area contributed by atoms with Gasteiger partial charge in [-0.3, -0.25) is 4.79 Å². The van der Waals surface area contributed by atoms with E-state index in [0.717, 1.165) is 48.5 Å². The Morgan fingerprint density at radius 2 is 1.86 bits per heavy atom. The maximum atomic E-state index is 12.7. The number of hydrogen-bond acceptors (Lipinski definition) is 6. The summed E-state index contributed by atoms with van der Waals surface area (Å²) in [6, 6.07) is 16.1. The number of piperazine rings is 1. The Labute approximate surface area is 169 Å².